The topological polar surface area (TPSA) is 118 Å². The van der Waals surface area contributed by atoms with Crippen LogP contribution in [0.5, 0.6) is 11.5 Å². The van der Waals surface area contributed by atoms with Gasteiger partial charge in [0, 0.05) is 31.8 Å². The second kappa shape index (κ2) is 10.2. The van der Waals surface area contributed by atoms with Crippen molar-refractivity contribution in [3.8, 4) is 17.6 Å². The summed E-state index contributed by atoms with van der Waals surface area (Å²) in [6.45, 7) is 1.58. The molecule has 8 heteroatoms. The van der Waals surface area contributed by atoms with E-state index >= 15 is 0 Å². The number of primary amides is 1. The monoisotopic (exact) mass is 386 g/mol. The molecule has 150 valence electrons. The van der Waals surface area contributed by atoms with Crippen molar-refractivity contribution in [2.75, 3.05) is 33.9 Å². The predicted molar refractivity (Wildman–Crippen MR) is 103 cm³/mol. The Morgan fingerprint density at radius 1 is 1.29 bits per heavy atom. The third kappa shape index (κ3) is 5.64. The number of carbonyl (C=O) groups excluding carboxylic acids is 2. The Kier molecular flexibility index (Phi) is 7.69. The maximum atomic E-state index is 12.3. The van der Waals surface area contributed by atoms with Gasteiger partial charge in [-0.05, 0) is 37.0 Å². The fraction of sp³-hybridized carbons (Fsp3) is 0.450. The summed E-state index contributed by atoms with van der Waals surface area (Å²) in [6, 6.07) is 7.51. The minimum atomic E-state index is -0.417. The summed E-state index contributed by atoms with van der Waals surface area (Å²) < 4.78 is 10.5. The normalized spacial score (nSPS) is 14.9. The summed E-state index contributed by atoms with van der Waals surface area (Å²) in [5, 5.41) is 12.1. The van der Waals surface area contributed by atoms with Crippen molar-refractivity contribution < 1.29 is 19.1 Å². The van der Waals surface area contributed by atoms with E-state index in [9.17, 15) is 14.9 Å². The number of hydrogen-bond acceptors (Lipinski definition) is 6. The lowest BCUT2D eigenvalue weighted by molar-refractivity contribution is -0.123. The number of nitrogens with one attached hydrogen (secondary N) is 1. The lowest BCUT2D eigenvalue weighted by Gasteiger charge is -2.29. The van der Waals surface area contributed by atoms with Crippen LogP contribution < -0.4 is 20.5 Å². The van der Waals surface area contributed by atoms with Crippen LogP contribution in [0.4, 0.5) is 0 Å². The number of hydrogen-bond donors (Lipinski definition) is 2. The number of amides is 2. The highest BCUT2D eigenvalue weighted by Gasteiger charge is 2.22. The van der Waals surface area contributed by atoms with Gasteiger partial charge in [0.15, 0.2) is 11.5 Å². The zero-order valence-electron chi connectivity index (χ0n) is 16.2. The van der Waals surface area contributed by atoms with Crippen LogP contribution in [0.15, 0.2) is 30.0 Å². The Balaban J connectivity index is 1.87. The van der Waals surface area contributed by atoms with Crippen LogP contribution in [0.2, 0.25) is 0 Å². The van der Waals surface area contributed by atoms with Gasteiger partial charge in [-0.1, -0.05) is 6.07 Å². The lowest BCUT2D eigenvalue weighted by Crippen LogP contribution is -2.36. The largest absolute Gasteiger partial charge is 0.493 e. The molecule has 1 fully saturated rings. The minimum Gasteiger partial charge on any atom is -0.493 e. The van der Waals surface area contributed by atoms with E-state index in [1.807, 2.05) is 29.2 Å². The summed E-state index contributed by atoms with van der Waals surface area (Å²) >= 11 is 0. The molecule has 0 radical (unpaired) electrons. The molecule has 1 aliphatic heterocycles. The van der Waals surface area contributed by atoms with Crippen molar-refractivity contribution >= 4 is 11.8 Å². The average molecular weight is 386 g/mol. The van der Waals surface area contributed by atoms with Crippen LogP contribution in [0.1, 0.15) is 18.4 Å². The minimum absolute atomic E-state index is 0.0461. The number of nitriles is 1. The molecule has 0 unspecified atom stereocenters. The van der Waals surface area contributed by atoms with Gasteiger partial charge in [-0.25, -0.2) is 0 Å². The average Bonchev–Trinajstić information content (AvgIpc) is 2.71. The van der Waals surface area contributed by atoms with Gasteiger partial charge in [0.2, 0.25) is 5.91 Å². The first-order valence-electron chi connectivity index (χ1n) is 9.12. The molecule has 1 saturated heterocycles. The molecular weight excluding hydrogens is 360 g/mol. The Hall–Kier alpha value is -3.21. The molecule has 1 heterocycles. The number of likely N-dealkylation sites (tertiary alicyclic amines) is 1. The zero-order chi connectivity index (χ0) is 20.5. The molecule has 0 atom stereocenters. The van der Waals surface area contributed by atoms with E-state index in [0.717, 1.165) is 5.56 Å². The molecule has 0 aromatic heterocycles. The first-order valence-corrected chi connectivity index (χ1v) is 9.12. The van der Waals surface area contributed by atoms with E-state index in [0.29, 0.717) is 50.4 Å². The van der Waals surface area contributed by atoms with Gasteiger partial charge in [0.1, 0.15) is 11.6 Å². The van der Waals surface area contributed by atoms with Gasteiger partial charge in [-0.15, -0.1) is 0 Å². The van der Waals surface area contributed by atoms with Crippen molar-refractivity contribution in [3.63, 3.8) is 0 Å². The van der Waals surface area contributed by atoms with Crippen LogP contribution in [0, 0.1) is 17.2 Å². The van der Waals surface area contributed by atoms with Crippen LogP contribution >= 0.6 is 0 Å². The van der Waals surface area contributed by atoms with Gasteiger partial charge < -0.3 is 25.4 Å². The van der Waals surface area contributed by atoms with E-state index in [2.05, 4.69) is 5.32 Å². The molecule has 2 amide bonds. The molecule has 0 bridgehead atoms. The van der Waals surface area contributed by atoms with Crippen LogP contribution in [0.3, 0.4) is 0 Å². The number of benzene rings is 1. The zero-order valence-corrected chi connectivity index (χ0v) is 16.2. The molecule has 0 spiro atoms. The summed E-state index contributed by atoms with van der Waals surface area (Å²) in [4.78, 5) is 25.4. The lowest BCUT2D eigenvalue weighted by atomic mass is 9.96. The first-order chi connectivity index (χ1) is 13.5. The van der Waals surface area contributed by atoms with E-state index in [-0.39, 0.29) is 17.4 Å². The number of piperidine rings is 1. The molecule has 8 nitrogen and oxygen atoms in total. The fourth-order valence-corrected chi connectivity index (χ4v) is 3.09. The number of methoxy groups -OCH3 is 2. The Morgan fingerprint density at radius 2 is 1.96 bits per heavy atom. The van der Waals surface area contributed by atoms with E-state index in [1.54, 1.807) is 20.4 Å². The smallest absolute Gasteiger partial charge is 0.263 e. The number of carbonyl (C=O) groups is 2. The summed E-state index contributed by atoms with van der Waals surface area (Å²) in [5.74, 6) is 0.427. The molecule has 1 aromatic carbocycles. The van der Waals surface area contributed by atoms with Gasteiger partial charge in [-0.2, -0.15) is 5.26 Å². The summed E-state index contributed by atoms with van der Waals surface area (Å²) in [5.41, 5.74) is 6.35. The van der Waals surface area contributed by atoms with Crippen LogP contribution in [-0.4, -0.2) is 50.6 Å². The van der Waals surface area contributed by atoms with Gasteiger partial charge in [0.25, 0.3) is 5.91 Å². The fourth-order valence-electron chi connectivity index (χ4n) is 3.09. The Bertz CT molecular complexity index is 777. The van der Waals surface area contributed by atoms with Crippen LogP contribution in [0.25, 0.3) is 0 Å². The second-order valence-corrected chi connectivity index (χ2v) is 6.56. The third-order valence-electron chi connectivity index (χ3n) is 4.76. The van der Waals surface area contributed by atoms with Crippen molar-refractivity contribution in [1.82, 2.24) is 10.2 Å². The highest BCUT2D eigenvalue weighted by atomic mass is 16.5. The maximum absolute atomic E-state index is 12.3. The molecule has 28 heavy (non-hydrogen) atoms. The van der Waals surface area contributed by atoms with Gasteiger partial charge in [0.05, 0.1) is 14.2 Å². The molecule has 1 aromatic rings. The highest BCUT2D eigenvalue weighted by Crippen LogP contribution is 2.27. The Morgan fingerprint density at radius 3 is 2.54 bits per heavy atom. The predicted octanol–water partition coefficient (Wildman–Crippen LogP) is 0.967. The molecular formula is C20H26N4O4. The molecule has 1 aliphatic rings. The van der Waals surface area contributed by atoms with E-state index in [1.165, 1.54) is 0 Å². The number of ether oxygens (including phenoxy) is 2. The summed E-state index contributed by atoms with van der Waals surface area (Å²) in [6.07, 6.45) is 3.41. The second-order valence-electron chi connectivity index (χ2n) is 6.56. The number of nitrogens with two attached hydrogens (primary N) is 1. The molecule has 0 saturated carbocycles. The molecule has 0 aliphatic carbocycles. The number of nitrogens with zero attached hydrogens (tertiary/aromatic N) is 2. The third-order valence-corrected chi connectivity index (χ3v) is 4.76. The molecule has 2 rings (SSSR count). The van der Waals surface area contributed by atoms with Crippen molar-refractivity contribution in [3.05, 3.63) is 35.5 Å². The molecule has 3 N–H and O–H groups in total. The maximum Gasteiger partial charge on any atom is 0.263 e. The first kappa shape index (κ1) is 21.1. The Labute approximate surface area is 164 Å². The van der Waals surface area contributed by atoms with Gasteiger partial charge >= 0.3 is 0 Å². The van der Waals surface area contributed by atoms with E-state index in [4.69, 9.17) is 15.2 Å². The van der Waals surface area contributed by atoms with Crippen LogP contribution in [-0.2, 0) is 16.0 Å². The van der Waals surface area contributed by atoms with Crippen molar-refractivity contribution in [2.24, 2.45) is 11.7 Å². The van der Waals surface area contributed by atoms with Gasteiger partial charge in [-0.3, -0.25) is 9.59 Å². The SMILES string of the molecule is COc1ccc(CCNC(=O)/C(C#N)=C\N2CCC(C(N)=O)CC2)cc1OC. The number of rotatable bonds is 8. The standard InChI is InChI=1S/C20H26N4O4/c1-27-17-4-3-14(11-18(17)28-2)5-8-23-20(26)16(12-21)13-24-9-6-15(7-10-24)19(22)25/h3-4,11,13,15H,5-10H2,1-2H3,(H2,22,25)(H,23,26)/b16-13-. The quantitative estimate of drug-likeness (QED) is 0.508. The summed E-state index contributed by atoms with van der Waals surface area (Å²) in [7, 11) is 3.14. The van der Waals surface area contributed by atoms with Crippen molar-refractivity contribution in [1.29, 1.82) is 5.26 Å². The van der Waals surface area contributed by atoms with E-state index < -0.39 is 5.91 Å². The highest BCUT2D eigenvalue weighted by molar-refractivity contribution is 5.97. The van der Waals surface area contributed by atoms with Crippen molar-refractivity contribution in [2.45, 2.75) is 19.3 Å².